The van der Waals surface area contributed by atoms with E-state index >= 15 is 0 Å². The van der Waals surface area contributed by atoms with Gasteiger partial charge in [-0.05, 0) is 29.8 Å². The maximum Gasteiger partial charge on any atom is 0.231 e. The van der Waals surface area contributed by atoms with Crippen molar-refractivity contribution in [3.05, 3.63) is 62.7 Å². The molecule has 8 heteroatoms. The SMILES string of the molecule is COCCN=c1scc(-c2ccccc2Br)n1/N=C/c1ccc2c(c1)OCO2. The molecule has 0 amide bonds. The Balaban J connectivity index is 1.74. The molecule has 0 aliphatic carbocycles. The average molecular weight is 460 g/mol. The van der Waals surface area contributed by atoms with Gasteiger partial charge < -0.3 is 14.2 Å². The van der Waals surface area contributed by atoms with E-state index in [-0.39, 0.29) is 6.79 Å². The Labute approximate surface area is 174 Å². The van der Waals surface area contributed by atoms with E-state index in [2.05, 4.69) is 32.4 Å². The fourth-order valence-corrected chi connectivity index (χ4v) is 4.07. The summed E-state index contributed by atoms with van der Waals surface area (Å²) in [5, 5.41) is 6.77. The number of hydrogen-bond donors (Lipinski definition) is 0. The molecule has 0 atom stereocenters. The molecule has 1 aliphatic heterocycles. The third kappa shape index (κ3) is 4.04. The molecule has 2 aromatic carbocycles. The Hall–Kier alpha value is -2.42. The fraction of sp³-hybridized carbons (Fsp3) is 0.200. The summed E-state index contributed by atoms with van der Waals surface area (Å²) in [6.07, 6.45) is 1.80. The normalized spacial score (nSPS) is 13.6. The number of methoxy groups -OCH3 is 1. The number of fused-ring (bicyclic) bond motifs is 1. The van der Waals surface area contributed by atoms with Crippen LogP contribution < -0.4 is 14.3 Å². The Morgan fingerprint density at radius 3 is 2.93 bits per heavy atom. The van der Waals surface area contributed by atoms with Gasteiger partial charge in [-0.15, -0.1) is 11.3 Å². The van der Waals surface area contributed by atoms with Crippen molar-refractivity contribution in [1.82, 2.24) is 4.68 Å². The molecular formula is C20H18BrN3O3S. The minimum atomic E-state index is 0.254. The van der Waals surface area contributed by atoms with Crippen molar-refractivity contribution in [2.75, 3.05) is 27.1 Å². The van der Waals surface area contributed by atoms with E-state index < -0.39 is 0 Å². The van der Waals surface area contributed by atoms with Gasteiger partial charge in [-0.1, -0.05) is 34.1 Å². The van der Waals surface area contributed by atoms with Gasteiger partial charge in [-0.3, -0.25) is 4.99 Å². The topological polar surface area (TPSA) is 57.3 Å². The third-order valence-corrected chi connectivity index (χ3v) is 5.64. The zero-order chi connectivity index (χ0) is 19.3. The highest BCUT2D eigenvalue weighted by Gasteiger charge is 2.13. The molecule has 0 fully saturated rings. The quantitative estimate of drug-likeness (QED) is 0.411. The standard InChI is InChI=1S/C20H18BrN3O3S/c1-25-9-8-22-20-24(17(12-28-20)15-4-2-3-5-16(15)21)23-11-14-6-7-18-19(10-14)27-13-26-18/h2-7,10-12H,8-9,13H2,1H3/b22-20?,23-11+. The Bertz CT molecular complexity index is 1070. The fourth-order valence-electron chi connectivity index (χ4n) is 2.72. The van der Waals surface area contributed by atoms with Crippen molar-refractivity contribution in [3.8, 4) is 22.8 Å². The molecule has 1 aliphatic rings. The zero-order valence-corrected chi connectivity index (χ0v) is 17.6. The van der Waals surface area contributed by atoms with Crippen LogP contribution in [0.4, 0.5) is 0 Å². The Morgan fingerprint density at radius 2 is 2.07 bits per heavy atom. The molecule has 144 valence electrons. The minimum absolute atomic E-state index is 0.254. The second-order valence-corrected chi connectivity index (χ2v) is 7.62. The second kappa shape index (κ2) is 8.72. The first kappa shape index (κ1) is 18.9. The number of thiazole rings is 1. The van der Waals surface area contributed by atoms with Gasteiger partial charge in [0.05, 0.1) is 25.1 Å². The van der Waals surface area contributed by atoms with Gasteiger partial charge in [0.25, 0.3) is 0 Å². The van der Waals surface area contributed by atoms with Crippen molar-refractivity contribution < 1.29 is 14.2 Å². The highest BCUT2D eigenvalue weighted by atomic mass is 79.9. The van der Waals surface area contributed by atoms with Crippen LogP contribution in [0.5, 0.6) is 11.5 Å². The first-order valence-electron chi connectivity index (χ1n) is 8.65. The van der Waals surface area contributed by atoms with Crippen LogP contribution in [0.25, 0.3) is 11.3 Å². The lowest BCUT2D eigenvalue weighted by Gasteiger charge is -2.06. The molecule has 0 unspecified atom stereocenters. The number of aromatic nitrogens is 1. The number of benzene rings is 2. The van der Waals surface area contributed by atoms with Gasteiger partial charge in [0.15, 0.2) is 11.5 Å². The number of rotatable bonds is 6. The predicted octanol–water partition coefficient (Wildman–Crippen LogP) is 4.14. The van der Waals surface area contributed by atoms with Gasteiger partial charge in [0.2, 0.25) is 11.6 Å². The van der Waals surface area contributed by atoms with Crippen LogP contribution in [-0.2, 0) is 4.74 Å². The van der Waals surface area contributed by atoms with Gasteiger partial charge in [0, 0.05) is 22.5 Å². The van der Waals surface area contributed by atoms with Crippen molar-refractivity contribution in [2.24, 2.45) is 10.1 Å². The number of nitrogens with zero attached hydrogens (tertiary/aromatic N) is 3. The van der Waals surface area contributed by atoms with Crippen molar-refractivity contribution in [3.63, 3.8) is 0 Å². The van der Waals surface area contributed by atoms with Crippen molar-refractivity contribution in [1.29, 1.82) is 0 Å². The summed E-state index contributed by atoms with van der Waals surface area (Å²) >= 11 is 5.18. The molecule has 0 radical (unpaired) electrons. The van der Waals surface area contributed by atoms with Gasteiger partial charge in [-0.2, -0.15) is 5.10 Å². The molecule has 4 rings (SSSR count). The molecule has 2 heterocycles. The Morgan fingerprint density at radius 1 is 1.21 bits per heavy atom. The van der Waals surface area contributed by atoms with Crippen LogP contribution in [0.1, 0.15) is 5.56 Å². The predicted molar refractivity (Wildman–Crippen MR) is 113 cm³/mol. The number of hydrogen-bond acceptors (Lipinski definition) is 6. The minimum Gasteiger partial charge on any atom is -0.454 e. The summed E-state index contributed by atoms with van der Waals surface area (Å²) in [6, 6.07) is 13.8. The summed E-state index contributed by atoms with van der Waals surface area (Å²) in [4.78, 5) is 5.43. The summed E-state index contributed by atoms with van der Waals surface area (Å²) < 4.78 is 18.8. The maximum absolute atomic E-state index is 5.45. The van der Waals surface area contributed by atoms with E-state index in [1.54, 1.807) is 24.7 Å². The second-order valence-electron chi connectivity index (χ2n) is 5.93. The van der Waals surface area contributed by atoms with E-state index in [0.717, 1.165) is 37.6 Å². The summed E-state index contributed by atoms with van der Waals surface area (Å²) in [7, 11) is 1.67. The molecule has 1 aromatic heterocycles. The highest BCUT2D eigenvalue weighted by Crippen LogP contribution is 2.32. The summed E-state index contributed by atoms with van der Waals surface area (Å²) in [6.45, 7) is 1.39. The maximum atomic E-state index is 5.45. The lowest BCUT2D eigenvalue weighted by Crippen LogP contribution is -2.13. The van der Waals surface area contributed by atoms with Gasteiger partial charge in [0.1, 0.15) is 0 Å². The van der Waals surface area contributed by atoms with Crippen LogP contribution in [0, 0.1) is 0 Å². The molecule has 6 nitrogen and oxygen atoms in total. The lowest BCUT2D eigenvalue weighted by molar-refractivity contribution is 0.174. The highest BCUT2D eigenvalue weighted by molar-refractivity contribution is 9.10. The van der Waals surface area contributed by atoms with Crippen LogP contribution >= 0.6 is 27.3 Å². The van der Waals surface area contributed by atoms with Gasteiger partial charge >= 0.3 is 0 Å². The zero-order valence-electron chi connectivity index (χ0n) is 15.2. The third-order valence-electron chi connectivity index (χ3n) is 4.10. The lowest BCUT2D eigenvalue weighted by atomic mass is 10.2. The number of ether oxygens (including phenoxy) is 3. The molecule has 28 heavy (non-hydrogen) atoms. The monoisotopic (exact) mass is 459 g/mol. The average Bonchev–Trinajstić information content (AvgIpc) is 3.33. The summed E-state index contributed by atoms with van der Waals surface area (Å²) in [5.41, 5.74) is 2.93. The molecule has 0 saturated carbocycles. The molecule has 3 aromatic rings. The Kier molecular flexibility index (Phi) is 5.90. The van der Waals surface area contributed by atoms with Crippen LogP contribution in [0.15, 0.2) is 62.4 Å². The van der Waals surface area contributed by atoms with E-state index in [9.17, 15) is 0 Å². The molecule has 0 bridgehead atoms. The van der Waals surface area contributed by atoms with Gasteiger partial charge in [-0.25, -0.2) is 4.68 Å². The molecule has 0 spiro atoms. The first-order chi connectivity index (χ1) is 13.8. The van der Waals surface area contributed by atoms with E-state index in [4.69, 9.17) is 19.3 Å². The number of halogens is 1. The van der Waals surface area contributed by atoms with E-state index in [0.29, 0.717) is 13.2 Å². The van der Waals surface area contributed by atoms with E-state index in [1.165, 1.54) is 0 Å². The summed E-state index contributed by atoms with van der Waals surface area (Å²) in [5.74, 6) is 1.49. The smallest absolute Gasteiger partial charge is 0.231 e. The molecular weight excluding hydrogens is 442 g/mol. The van der Waals surface area contributed by atoms with Crippen molar-refractivity contribution >= 4 is 33.5 Å². The molecule has 0 N–H and O–H groups in total. The van der Waals surface area contributed by atoms with Crippen LogP contribution in [-0.4, -0.2) is 37.9 Å². The van der Waals surface area contributed by atoms with Crippen LogP contribution in [0.3, 0.4) is 0 Å². The largest absolute Gasteiger partial charge is 0.454 e. The first-order valence-corrected chi connectivity index (χ1v) is 10.3. The molecule has 0 saturated heterocycles. The van der Waals surface area contributed by atoms with Crippen LogP contribution in [0.2, 0.25) is 0 Å². The van der Waals surface area contributed by atoms with E-state index in [1.807, 2.05) is 41.1 Å². The van der Waals surface area contributed by atoms with Crippen molar-refractivity contribution in [2.45, 2.75) is 0 Å².